The van der Waals surface area contributed by atoms with Crippen LogP contribution in [-0.4, -0.2) is 29.2 Å². The van der Waals surface area contributed by atoms with Gasteiger partial charge in [0, 0.05) is 11.9 Å². The highest BCUT2D eigenvalue weighted by atomic mass is 32.2. The number of hydrogen-bond acceptors (Lipinski definition) is 4. The molecule has 22 heavy (non-hydrogen) atoms. The average molecular weight is 337 g/mol. The first-order valence-electron chi connectivity index (χ1n) is 6.59. The predicted octanol–water partition coefficient (Wildman–Crippen LogP) is 2.81. The van der Waals surface area contributed by atoms with Crippen LogP contribution in [0, 0.1) is 0 Å². The third kappa shape index (κ3) is 3.66. The van der Waals surface area contributed by atoms with Crippen molar-refractivity contribution in [3.05, 3.63) is 29.6 Å². The second-order valence-corrected chi connectivity index (χ2v) is 8.79. The molecule has 0 bridgehead atoms. The lowest BCUT2D eigenvalue weighted by atomic mass is 10.0. The van der Waals surface area contributed by atoms with Crippen LogP contribution in [0.1, 0.15) is 39.0 Å². The number of carbonyl (C=O) groups excluding carboxylic acids is 1. The van der Waals surface area contributed by atoms with Crippen molar-refractivity contribution in [3.8, 4) is 0 Å². The van der Waals surface area contributed by atoms with Gasteiger partial charge in [0.15, 0.2) is 15.6 Å². The Morgan fingerprint density at radius 2 is 1.77 bits per heavy atom. The molecule has 0 aliphatic heterocycles. The van der Waals surface area contributed by atoms with E-state index in [1.165, 1.54) is 27.7 Å². The van der Waals surface area contributed by atoms with E-state index >= 15 is 0 Å². The SMILES string of the molecule is CC(C)S(=O)(=O)C(C)(C)C(=O)Cc1ccc(C(F)(F)F)cn1. The number of aromatic nitrogens is 1. The van der Waals surface area contributed by atoms with E-state index < -0.39 is 37.4 Å². The highest BCUT2D eigenvalue weighted by Gasteiger charge is 2.42. The van der Waals surface area contributed by atoms with Gasteiger partial charge in [-0.2, -0.15) is 13.2 Å². The van der Waals surface area contributed by atoms with Crippen molar-refractivity contribution in [1.29, 1.82) is 0 Å². The van der Waals surface area contributed by atoms with Crippen LogP contribution < -0.4 is 0 Å². The molecule has 0 unspecified atom stereocenters. The maximum atomic E-state index is 12.4. The molecule has 0 aliphatic rings. The minimum Gasteiger partial charge on any atom is -0.298 e. The fraction of sp³-hybridized carbons (Fsp3) is 0.571. The van der Waals surface area contributed by atoms with Crippen LogP contribution in [0.5, 0.6) is 0 Å². The monoisotopic (exact) mass is 337 g/mol. The Hall–Kier alpha value is -1.44. The lowest BCUT2D eigenvalue weighted by Crippen LogP contribution is -2.45. The maximum Gasteiger partial charge on any atom is 0.417 e. The van der Waals surface area contributed by atoms with Gasteiger partial charge in [-0.15, -0.1) is 0 Å². The van der Waals surface area contributed by atoms with E-state index in [9.17, 15) is 26.4 Å². The largest absolute Gasteiger partial charge is 0.417 e. The maximum absolute atomic E-state index is 12.4. The molecular weight excluding hydrogens is 319 g/mol. The summed E-state index contributed by atoms with van der Waals surface area (Å²) < 4.78 is 60.0. The van der Waals surface area contributed by atoms with E-state index in [0.29, 0.717) is 6.20 Å². The van der Waals surface area contributed by atoms with E-state index in [2.05, 4.69) is 4.98 Å². The molecule has 0 radical (unpaired) electrons. The van der Waals surface area contributed by atoms with E-state index in [1.54, 1.807) is 0 Å². The van der Waals surface area contributed by atoms with Gasteiger partial charge in [-0.25, -0.2) is 8.42 Å². The Kier molecular flexibility index (Phi) is 5.06. The lowest BCUT2D eigenvalue weighted by Gasteiger charge is -2.25. The van der Waals surface area contributed by atoms with Gasteiger partial charge >= 0.3 is 6.18 Å². The Morgan fingerprint density at radius 1 is 1.23 bits per heavy atom. The number of alkyl halides is 3. The van der Waals surface area contributed by atoms with Crippen LogP contribution in [0.3, 0.4) is 0 Å². The van der Waals surface area contributed by atoms with Crippen molar-refractivity contribution in [2.45, 2.75) is 50.3 Å². The summed E-state index contributed by atoms with van der Waals surface area (Å²) in [7, 11) is -3.68. The van der Waals surface area contributed by atoms with Gasteiger partial charge in [0.05, 0.1) is 17.2 Å². The van der Waals surface area contributed by atoms with Gasteiger partial charge in [-0.1, -0.05) is 0 Å². The second kappa shape index (κ2) is 5.98. The van der Waals surface area contributed by atoms with Gasteiger partial charge in [-0.3, -0.25) is 9.78 Å². The molecular formula is C14H18F3NO3S. The van der Waals surface area contributed by atoms with Gasteiger partial charge < -0.3 is 0 Å². The van der Waals surface area contributed by atoms with Crippen molar-refractivity contribution in [1.82, 2.24) is 4.98 Å². The number of nitrogens with zero attached hydrogens (tertiary/aromatic N) is 1. The molecule has 0 spiro atoms. The molecule has 1 aromatic rings. The van der Waals surface area contributed by atoms with Crippen molar-refractivity contribution in [2.24, 2.45) is 0 Å². The number of rotatable bonds is 5. The zero-order valence-corrected chi connectivity index (χ0v) is 13.5. The number of Topliss-reactive ketones (excluding diaryl/α,β-unsaturated/α-hetero) is 1. The second-order valence-electron chi connectivity index (χ2n) is 5.74. The van der Waals surface area contributed by atoms with E-state index in [0.717, 1.165) is 12.1 Å². The predicted molar refractivity (Wildman–Crippen MR) is 76.1 cm³/mol. The van der Waals surface area contributed by atoms with Crippen LogP contribution >= 0.6 is 0 Å². The molecule has 0 amide bonds. The third-order valence-corrected chi connectivity index (χ3v) is 6.39. The molecule has 0 fully saturated rings. The van der Waals surface area contributed by atoms with Gasteiger partial charge in [0.1, 0.15) is 4.75 Å². The van der Waals surface area contributed by atoms with Gasteiger partial charge in [-0.05, 0) is 39.8 Å². The summed E-state index contributed by atoms with van der Waals surface area (Å²) in [6.45, 7) is 5.55. The molecule has 0 saturated carbocycles. The third-order valence-electron chi connectivity index (χ3n) is 3.50. The number of carbonyl (C=O) groups is 1. The number of hydrogen-bond donors (Lipinski definition) is 0. The molecule has 1 heterocycles. The summed E-state index contributed by atoms with van der Waals surface area (Å²) in [5, 5.41) is -0.730. The Morgan fingerprint density at radius 3 is 2.14 bits per heavy atom. The van der Waals surface area contributed by atoms with Crippen LogP contribution in [0.2, 0.25) is 0 Å². The normalized spacial score (nSPS) is 13.5. The number of ketones is 1. The van der Waals surface area contributed by atoms with Crippen molar-refractivity contribution in [2.75, 3.05) is 0 Å². The first-order chi connectivity index (χ1) is 9.80. The lowest BCUT2D eigenvalue weighted by molar-refractivity contribution is -0.137. The highest BCUT2D eigenvalue weighted by Crippen LogP contribution is 2.29. The Bertz CT molecular complexity index is 647. The van der Waals surface area contributed by atoms with Crippen LogP contribution in [-0.2, 0) is 27.2 Å². The molecule has 1 aromatic heterocycles. The summed E-state index contributed by atoms with van der Waals surface area (Å²) in [4.78, 5) is 15.8. The number of pyridine rings is 1. The Balaban J connectivity index is 2.98. The molecule has 124 valence electrons. The minimum absolute atomic E-state index is 0.102. The molecule has 0 N–H and O–H groups in total. The summed E-state index contributed by atoms with van der Waals surface area (Å²) in [6, 6.07) is 1.90. The fourth-order valence-electron chi connectivity index (χ4n) is 1.82. The van der Waals surface area contributed by atoms with Crippen molar-refractivity contribution in [3.63, 3.8) is 0 Å². The van der Waals surface area contributed by atoms with Crippen molar-refractivity contribution >= 4 is 15.6 Å². The summed E-state index contributed by atoms with van der Waals surface area (Å²) in [6.07, 6.45) is -4.21. The molecule has 0 atom stereocenters. The summed E-state index contributed by atoms with van der Waals surface area (Å²) in [5.41, 5.74) is -0.817. The first kappa shape index (κ1) is 18.6. The zero-order valence-electron chi connectivity index (χ0n) is 12.7. The van der Waals surface area contributed by atoms with Crippen LogP contribution in [0.25, 0.3) is 0 Å². The Labute approximate surface area is 127 Å². The number of halogens is 3. The minimum atomic E-state index is -4.50. The topological polar surface area (TPSA) is 64.1 Å². The quantitative estimate of drug-likeness (QED) is 0.829. The molecule has 4 nitrogen and oxygen atoms in total. The zero-order chi connectivity index (χ0) is 17.3. The molecule has 0 saturated heterocycles. The fourth-order valence-corrected chi connectivity index (χ4v) is 3.39. The average Bonchev–Trinajstić information content (AvgIpc) is 2.37. The van der Waals surface area contributed by atoms with E-state index in [-0.39, 0.29) is 12.1 Å². The van der Waals surface area contributed by atoms with Crippen LogP contribution in [0.4, 0.5) is 13.2 Å². The van der Waals surface area contributed by atoms with E-state index in [1.807, 2.05) is 0 Å². The standard InChI is InChI=1S/C14H18F3NO3S/c1-9(2)22(20,21)13(3,4)12(19)7-11-6-5-10(8-18-11)14(15,16)17/h5-6,8-9H,7H2,1-4H3. The van der Waals surface area contributed by atoms with Gasteiger partial charge in [0.2, 0.25) is 0 Å². The highest BCUT2D eigenvalue weighted by molar-refractivity contribution is 7.94. The molecule has 8 heteroatoms. The smallest absolute Gasteiger partial charge is 0.298 e. The van der Waals surface area contributed by atoms with Gasteiger partial charge in [0.25, 0.3) is 0 Å². The molecule has 1 rings (SSSR count). The van der Waals surface area contributed by atoms with Crippen molar-refractivity contribution < 1.29 is 26.4 Å². The van der Waals surface area contributed by atoms with E-state index in [4.69, 9.17) is 0 Å². The summed E-state index contributed by atoms with van der Waals surface area (Å²) in [5.74, 6) is -0.603. The molecule has 0 aromatic carbocycles. The molecule has 0 aliphatic carbocycles. The first-order valence-corrected chi connectivity index (χ1v) is 8.13. The summed E-state index contributed by atoms with van der Waals surface area (Å²) >= 11 is 0. The number of sulfone groups is 1. The van der Waals surface area contributed by atoms with Crippen LogP contribution in [0.15, 0.2) is 18.3 Å².